The van der Waals surface area contributed by atoms with Gasteiger partial charge in [-0.05, 0) is 6.42 Å². The van der Waals surface area contributed by atoms with Crippen LogP contribution in [0.15, 0.2) is 22.6 Å². The normalized spacial score (nSPS) is 12.2. The van der Waals surface area contributed by atoms with Gasteiger partial charge in [0.1, 0.15) is 0 Å². The van der Waals surface area contributed by atoms with Crippen LogP contribution in [0.5, 0.6) is 0 Å². The van der Waals surface area contributed by atoms with Gasteiger partial charge >= 0.3 is 0 Å². The van der Waals surface area contributed by atoms with Crippen molar-refractivity contribution >= 4 is 12.2 Å². The van der Waals surface area contributed by atoms with Gasteiger partial charge in [-0.15, -0.1) is 0 Å². The molecule has 0 atom stereocenters. The average molecular weight is 171 g/mol. The van der Waals surface area contributed by atoms with Crippen molar-refractivity contribution in [3.63, 3.8) is 0 Å². The molecule has 0 aliphatic carbocycles. The quantitative estimate of drug-likeness (QED) is 0.378. The maximum atomic E-state index is 5.41. The molecule has 0 rings (SSSR count). The predicted molar refractivity (Wildman–Crippen MR) is 53.8 cm³/mol. The van der Waals surface area contributed by atoms with Gasteiger partial charge in [0, 0.05) is 27.9 Å². The largest absolute Gasteiger partial charge is 0.385 e. The molecule has 0 aliphatic heterocycles. The van der Waals surface area contributed by atoms with Crippen molar-refractivity contribution in [2.45, 2.75) is 6.42 Å². The van der Waals surface area contributed by atoms with Crippen LogP contribution in [-0.2, 0) is 4.74 Å². The van der Waals surface area contributed by atoms with Gasteiger partial charge in [0.05, 0.1) is 0 Å². The molecule has 0 aromatic carbocycles. The van der Waals surface area contributed by atoms with Crippen molar-refractivity contribution in [1.29, 1.82) is 0 Å². The number of rotatable bonds is 5. The monoisotopic (exact) mass is 171 g/mol. The minimum absolute atomic E-state index is 0. The van der Waals surface area contributed by atoms with Crippen molar-refractivity contribution in [2.24, 2.45) is 15.7 Å². The predicted octanol–water partition coefficient (Wildman–Crippen LogP) is 0.840. The van der Waals surface area contributed by atoms with Crippen molar-refractivity contribution in [1.82, 2.24) is 0 Å². The number of ether oxygens (including phenoxy) is 1. The second-order valence-corrected chi connectivity index (χ2v) is 2.10. The van der Waals surface area contributed by atoms with E-state index in [4.69, 9.17) is 10.5 Å². The lowest BCUT2D eigenvalue weighted by Gasteiger charge is -1.94. The summed E-state index contributed by atoms with van der Waals surface area (Å²) in [6.07, 6.45) is 3.92. The zero-order valence-corrected chi connectivity index (χ0v) is 7.36. The van der Waals surface area contributed by atoms with E-state index in [1.807, 2.05) is 0 Å². The van der Waals surface area contributed by atoms with Crippen LogP contribution in [0.4, 0.5) is 0 Å². The smallest absolute Gasteiger partial charge is 0.215 e. The third-order valence-electron chi connectivity index (χ3n) is 1.09. The summed E-state index contributed by atoms with van der Waals surface area (Å²) < 4.78 is 4.84. The first-order chi connectivity index (χ1) is 5.81. The summed E-state index contributed by atoms with van der Waals surface area (Å²) >= 11 is 0. The zero-order valence-electron chi connectivity index (χ0n) is 7.36. The zero-order chi connectivity index (χ0) is 9.23. The van der Waals surface area contributed by atoms with Crippen LogP contribution in [0, 0.1) is 0 Å². The van der Waals surface area contributed by atoms with Gasteiger partial charge < -0.3 is 10.5 Å². The number of methoxy groups -OCH3 is 1. The van der Waals surface area contributed by atoms with Crippen molar-refractivity contribution in [2.75, 3.05) is 20.3 Å². The third-order valence-corrected chi connectivity index (χ3v) is 1.09. The molecule has 4 nitrogen and oxygen atoms in total. The molecule has 0 fully saturated rings. The number of guanidine groups is 1. The Bertz CT molecular complexity index is 180. The molecule has 0 heterocycles. The van der Waals surface area contributed by atoms with Crippen LogP contribution >= 0.6 is 0 Å². The van der Waals surface area contributed by atoms with Gasteiger partial charge in [0.2, 0.25) is 5.96 Å². The minimum atomic E-state index is 0. The standard InChI is InChI=1S/C8H15N3O.H2/c1-3-5-10-8(9)11-6-4-7-12-2;/h3,5H,1,4,6-7H2,2H3,(H2,9,11);1H/b10-5-;. The lowest BCUT2D eigenvalue weighted by atomic mass is 10.5. The average Bonchev–Trinajstić information content (AvgIpc) is 2.09. The van der Waals surface area contributed by atoms with E-state index >= 15 is 0 Å². The molecular formula is C8H17N3O. The Morgan fingerprint density at radius 3 is 3.08 bits per heavy atom. The first-order valence-corrected chi connectivity index (χ1v) is 3.75. The highest BCUT2D eigenvalue weighted by Gasteiger charge is 1.85. The van der Waals surface area contributed by atoms with Gasteiger partial charge in [-0.25, -0.2) is 4.99 Å². The van der Waals surface area contributed by atoms with Crippen LogP contribution in [0.2, 0.25) is 0 Å². The molecule has 0 saturated heterocycles. The number of hydrogen-bond acceptors (Lipinski definition) is 2. The number of allylic oxidation sites excluding steroid dienone is 1. The molecule has 0 aliphatic rings. The lowest BCUT2D eigenvalue weighted by molar-refractivity contribution is 0.197. The second kappa shape index (κ2) is 7.94. The Labute approximate surface area is 74.3 Å². The highest BCUT2D eigenvalue weighted by molar-refractivity contribution is 5.89. The molecule has 4 heteroatoms. The Morgan fingerprint density at radius 2 is 2.50 bits per heavy atom. The molecule has 0 radical (unpaired) electrons. The van der Waals surface area contributed by atoms with E-state index in [9.17, 15) is 0 Å². The highest BCUT2D eigenvalue weighted by atomic mass is 16.5. The van der Waals surface area contributed by atoms with Crippen LogP contribution in [0.1, 0.15) is 7.85 Å². The molecule has 2 N–H and O–H groups in total. The number of nitrogens with zero attached hydrogens (tertiary/aromatic N) is 2. The molecule has 0 spiro atoms. The minimum Gasteiger partial charge on any atom is -0.385 e. The summed E-state index contributed by atoms with van der Waals surface area (Å²) in [5, 5.41) is 0. The fourth-order valence-electron chi connectivity index (χ4n) is 0.572. The molecule has 70 valence electrons. The third kappa shape index (κ3) is 6.95. The Balaban J connectivity index is 0. The van der Waals surface area contributed by atoms with Crippen LogP contribution < -0.4 is 5.73 Å². The molecule has 12 heavy (non-hydrogen) atoms. The van der Waals surface area contributed by atoms with E-state index in [1.54, 1.807) is 13.2 Å². The van der Waals surface area contributed by atoms with Crippen molar-refractivity contribution in [3.8, 4) is 0 Å². The summed E-state index contributed by atoms with van der Waals surface area (Å²) in [5.74, 6) is 0.283. The Kier molecular flexibility index (Phi) is 7.17. The number of nitrogens with two attached hydrogens (primary N) is 1. The van der Waals surface area contributed by atoms with Gasteiger partial charge in [0.15, 0.2) is 0 Å². The summed E-state index contributed by atoms with van der Waals surface area (Å²) in [4.78, 5) is 7.75. The van der Waals surface area contributed by atoms with Gasteiger partial charge in [-0.1, -0.05) is 12.7 Å². The second-order valence-electron chi connectivity index (χ2n) is 2.10. The molecule has 0 amide bonds. The first-order valence-electron chi connectivity index (χ1n) is 3.75. The summed E-state index contributed by atoms with van der Waals surface area (Å²) in [5.41, 5.74) is 5.41. The van der Waals surface area contributed by atoms with Gasteiger partial charge in [-0.3, -0.25) is 4.99 Å². The highest BCUT2D eigenvalue weighted by Crippen LogP contribution is 1.82. The van der Waals surface area contributed by atoms with E-state index in [2.05, 4.69) is 16.6 Å². The summed E-state index contributed by atoms with van der Waals surface area (Å²) in [6.45, 7) is 4.81. The maximum absolute atomic E-state index is 5.41. The van der Waals surface area contributed by atoms with E-state index in [-0.39, 0.29) is 7.39 Å². The fraction of sp³-hybridized carbons (Fsp3) is 0.500. The molecular weight excluding hydrogens is 154 g/mol. The summed E-state index contributed by atoms with van der Waals surface area (Å²) in [6, 6.07) is 0. The molecule has 0 bridgehead atoms. The van der Waals surface area contributed by atoms with E-state index in [1.165, 1.54) is 6.21 Å². The SMILES string of the molecule is C=C/C=N\C(N)=NCCCOC.[HH]. The van der Waals surface area contributed by atoms with E-state index < -0.39 is 0 Å². The molecule has 0 saturated carbocycles. The fourth-order valence-corrected chi connectivity index (χ4v) is 0.572. The van der Waals surface area contributed by atoms with E-state index in [0.29, 0.717) is 13.2 Å². The van der Waals surface area contributed by atoms with Crippen LogP contribution in [0.25, 0.3) is 0 Å². The molecule has 0 aromatic heterocycles. The van der Waals surface area contributed by atoms with Crippen LogP contribution in [0.3, 0.4) is 0 Å². The first kappa shape index (κ1) is 10.8. The van der Waals surface area contributed by atoms with E-state index in [0.717, 1.165) is 6.42 Å². The number of aliphatic imine (C=N–C) groups is 2. The topological polar surface area (TPSA) is 60.0 Å². The van der Waals surface area contributed by atoms with Crippen LogP contribution in [-0.4, -0.2) is 32.4 Å². The molecule has 0 unspecified atom stereocenters. The van der Waals surface area contributed by atoms with Crippen molar-refractivity contribution in [3.05, 3.63) is 12.7 Å². The summed E-state index contributed by atoms with van der Waals surface area (Å²) in [7, 11) is 1.66. The van der Waals surface area contributed by atoms with Gasteiger partial charge in [-0.2, -0.15) is 0 Å². The Morgan fingerprint density at radius 1 is 1.75 bits per heavy atom. The van der Waals surface area contributed by atoms with Crippen molar-refractivity contribution < 1.29 is 6.16 Å². The number of hydrogen-bond donors (Lipinski definition) is 1. The Hall–Kier alpha value is -1.16. The molecule has 0 aromatic rings. The lowest BCUT2D eigenvalue weighted by Crippen LogP contribution is -2.09. The maximum Gasteiger partial charge on any atom is 0.215 e. The van der Waals surface area contributed by atoms with Gasteiger partial charge in [0.25, 0.3) is 0 Å².